The van der Waals surface area contributed by atoms with Crippen molar-refractivity contribution in [3.63, 3.8) is 0 Å². The predicted octanol–water partition coefficient (Wildman–Crippen LogP) is 2.07. The van der Waals surface area contributed by atoms with Crippen LogP contribution in [0.25, 0.3) is 0 Å². The molecule has 2 aliphatic rings. The second kappa shape index (κ2) is 8.00. The molecule has 144 valence electrons. The number of hydrogen-bond donors (Lipinski definition) is 1. The molecular formula is C18H24F2N2O3S. The summed E-state index contributed by atoms with van der Waals surface area (Å²) in [5.41, 5.74) is 0.630. The number of rotatable bonds is 5. The van der Waals surface area contributed by atoms with Gasteiger partial charge in [0, 0.05) is 13.1 Å². The molecule has 8 heteroatoms. The highest BCUT2D eigenvalue weighted by molar-refractivity contribution is 7.91. The van der Waals surface area contributed by atoms with Gasteiger partial charge in [-0.3, -0.25) is 4.79 Å². The van der Waals surface area contributed by atoms with Gasteiger partial charge in [-0.2, -0.15) is 8.78 Å². The maximum Gasteiger partial charge on any atom is 0.341 e. The third-order valence-corrected chi connectivity index (χ3v) is 6.90. The molecule has 2 heterocycles. The van der Waals surface area contributed by atoms with Gasteiger partial charge in [-0.05, 0) is 61.9 Å². The Morgan fingerprint density at radius 2 is 1.77 bits per heavy atom. The summed E-state index contributed by atoms with van der Waals surface area (Å²) in [7, 11) is -4.59. The first-order valence-electron chi connectivity index (χ1n) is 8.97. The number of nitrogens with zero attached hydrogens (tertiary/aromatic N) is 1. The van der Waals surface area contributed by atoms with Crippen molar-refractivity contribution in [2.24, 2.45) is 11.8 Å². The smallest absolute Gasteiger partial charge is 0.341 e. The van der Waals surface area contributed by atoms with Gasteiger partial charge >= 0.3 is 5.76 Å². The summed E-state index contributed by atoms with van der Waals surface area (Å²) < 4.78 is 47.9. The van der Waals surface area contributed by atoms with Crippen LogP contribution in [0.15, 0.2) is 29.2 Å². The number of carbonyl (C=O) groups excluding carboxylic acids is 1. The first-order valence-corrected chi connectivity index (χ1v) is 10.5. The molecule has 0 saturated carbocycles. The standard InChI is InChI=1S/C18H24F2N2O3S/c19-18(20)26(24,25)16-3-1-13(2-4-16)11-17(23)22-9-6-14(7-10-22)15-5-8-21-12-15/h1-4,14-15,18,21H,5-12H2. The minimum absolute atomic E-state index is 0.00235. The highest BCUT2D eigenvalue weighted by Crippen LogP contribution is 2.29. The average molecular weight is 386 g/mol. The third kappa shape index (κ3) is 4.23. The highest BCUT2D eigenvalue weighted by Gasteiger charge is 2.30. The maximum absolute atomic E-state index is 12.5. The van der Waals surface area contributed by atoms with E-state index in [-0.39, 0.29) is 12.3 Å². The number of carbonyl (C=O) groups is 1. The van der Waals surface area contributed by atoms with Gasteiger partial charge in [-0.15, -0.1) is 0 Å². The molecule has 1 unspecified atom stereocenters. The molecule has 0 bridgehead atoms. The zero-order chi connectivity index (χ0) is 18.7. The Balaban J connectivity index is 1.54. The van der Waals surface area contributed by atoms with Gasteiger partial charge in [0.05, 0.1) is 11.3 Å². The number of piperidine rings is 1. The van der Waals surface area contributed by atoms with Crippen LogP contribution in [0.4, 0.5) is 8.78 Å². The van der Waals surface area contributed by atoms with Crippen molar-refractivity contribution in [3.8, 4) is 0 Å². The lowest BCUT2D eigenvalue weighted by molar-refractivity contribution is -0.132. The molecular weight excluding hydrogens is 362 g/mol. The summed E-state index contributed by atoms with van der Waals surface area (Å²) in [4.78, 5) is 13.9. The molecule has 0 aliphatic carbocycles. The lowest BCUT2D eigenvalue weighted by Gasteiger charge is -2.34. The van der Waals surface area contributed by atoms with E-state index in [1.807, 2.05) is 4.90 Å². The number of nitrogens with one attached hydrogen (secondary N) is 1. The normalized spacial score (nSPS) is 22.1. The number of sulfone groups is 1. The molecule has 5 nitrogen and oxygen atoms in total. The largest absolute Gasteiger partial charge is 0.342 e. The van der Waals surface area contributed by atoms with E-state index >= 15 is 0 Å². The van der Waals surface area contributed by atoms with E-state index in [0.29, 0.717) is 11.5 Å². The van der Waals surface area contributed by atoms with Crippen LogP contribution in [0, 0.1) is 11.8 Å². The van der Waals surface area contributed by atoms with Crippen LogP contribution in [0.5, 0.6) is 0 Å². The quantitative estimate of drug-likeness (QED) is 0.841. The zero-order valence-electron chi connectivity index (χ0n) is 14.5. The first kappa shape index (κ1) is 19.2. The van der Waals surface area contributed by atoms with E-state index in [1.165, 1.54) is 18.6 Å². The molecule has 1 atom stereocenters. The summed E-state index contributed by atoms with van der Waals surface area (Å²) in [6.07, 6.45) is 3.41. The fraction of sp³-hybridized carbons (Fsp3) is 0.611. The molecule has 0 spiro atoms. The van der Waals surface area contributed by atoms with Gasteiger partial charge in [0.25, 0.3) is 0 Å². The molecule has 0 aromatic heterocycles. The Morgan fingerprint density at radius 3 is 2.31 bits per heavy atom. The summed E-state index contributed by atoms with van der Waals surface area (Å²) in [5, 5.41) is 3.39. The SMILES string of the molecule is O=C(Cc1ccc(S(=O)(=O)C(F)F)cc1)N1CCC(C2CCNC2)CC1. The summed E-state index contributed by atoms with van der Waals surface area (Å²) in [6.45, 7) is 3.66. The number of benzene rings is 1. The molecule has 3 rings (SSSR count). The Morgan fingerprint density at radius 1 is 1.12 bits per heavy atom. The monoisotopic (exact) mass is 386 g/mol. The van der Waals surface area contributed by atoms with Gasteiger partial charge < -0.3 is 10.2 Å². The Hall–Kier alpha value is -1.54. The molecule has 1 aromatic carbocycles. The molecule has 2 saturated heterocycles. The highest BCUT2D eigenvalue weighted by atomic mass is 32.2. The Kier molecular flexibility index (Phi) is 5.92. The zero-order valence-corrected chi connectivity index (χ0v) is 15.4. The minimum Gasteiger partial charge on any atom is -0.342 e. The lowest BCUT2D eigenvalue weighted by Crippen LogP contribution is -2.41. The van der Waals surface area contributed by atoms with Crippen LogP contribution in [0.1, 0.15) is 24.8 Å². The van der Waals surface area contributed by atoms with E-state index in [0.717, 1.165) is 57.1 Å². The fourth-order valence-corrected chi connectivity index (χ4v) is 4.61. The van der Waals surface area contributed by atoms with Crippen molar-refractivity contribution in [2.75, 3.05) is 26.2 Å². The van der Waals surface area contributed by atoms with Gasteiger partial charge in [0.1, 0.15) is 0 Å². The minimum atomic E-state index is -4.59. The van der Waals surface area contributed by atoms with Crippen LogP contribution in [-0.2, 0) is 21.1 Å². The van der Waals surface area contributed by atoms with E-state index in [2.05, 4.69) is 5.32 Å². The maximum atomic E-state index is 12.5. The van der Waals surface area contributed by atoms with E-state index in [9.17, 15) is 22.0 Å². The van der Waals surface area contributed by atoms with Crippen molar-refractivity contribution in [1.82, 2.24) is 10.2 Å². The Bertz CT molecular complexity index is 723. The van der Waals surface area contributed by atoms with E-state index in [4.69, 9.17) is 0 Å². The van der Waals surface area contributed by atoms with Crippen LogP contribution >= 0.6 is 0 Å². The fourth-order valence-electron chi connectivity index (χ4n) is 3.89. The average Bonchev–Trinajstić information content (AvgIpc) is 3.17. The molecule has 26 heavy (non-hydrogen) atoms. The van der Waals surface area contributed by atoms with E-state index in [1.54, 1.807) is 0 Å². The Labute approximate surface area is 152 Å². The van der Waals surface area contributed by atoms with Gasteiger partial charge in [0.2, 0.25) is 15.7 Å². The number of halogens is 2. The van der Waals surface area contributed by atoms with Crippen molar-refractivity contribution in [1.29, 1.82) is 0 Å². The van der Waals surface area contributed by atoms with Crippen LogP contribution in [0.3, 0.4) is 0 Å². The summed E-state index contributed by atoms with van der Waals surface area (Å²) in [5.74, 6) is -2.05. The second-order valence-electron chi connectivity index (χ2n) is 7.10. The van der Waals surface area contributed by atoms with Gasteiger partial charge in [-0.25, -0.2) is 8.42 Å². The number of amides is 1. The number of alkyl halides is 2. The molecule has 1 aromatic rings. The van der Waals surface area contributed by atoms with Gasteiger partial charge in [-0.1, -0.05) is 12.1 Å². The van der Waals surface area contributed by atoms with Crippen molar-refractivity contribution in [3.05, 3.63) is 29.8 Å². The third-order valence-electron chi connectivity index (χ3n) is 5.50. The number of likely N-dealkylation sites (tertiary alicyclic amines) is 1. The van der Waals surface area contributed by atoms with Crippen LogP contribution in [0.2, 0.25) is 0 Å². The van der Waals surface area contributed by atoms with E-state index < -0.39 is 20.5 Å². The van der Waals surface area contributed by atoms with Gasteiger partial charge in [0.15, 0.2) is 0 Å². The van der Waals surface area contributed by atoms with Crippen LogP contribution in [-0.4, -0.2) is 51.2 Å². The van der Waals surface area contributed by atoms with Crippen molar-refractivity contribution >= 4 is 15.7 Å². The number of hydrogen-bond acceptors (Lipinski definition) is 4. The van der Waals surface area contributed by atoms with Crippen molar-refractivity contribution in [2.45, 2.75) is 36.3 Å². The molecule has 1 N–H and O–H groups in total. The molecule has 0 radical (unpaired) electrons. The summed E-state index contributed by atoms with van der Waals surface area (Å²) >= 11 is 0. The first-order chi connectivity index (χ1) is 12.4. The molecule has 2 aliphatic heterocycles. The predicted molar refractivity (Wildman–Crippen MR) is 93.6 cm³/mol. The molecule has 1 amide bonds. The summed E-state index contributed by atoms with van der Waals surface area (Å²) in [6, 6.07) is 5.15. The second-order valence-corrected chi connectivity index (χ2v) is 9.02. The topological polar surface area (TPSA) is 66.5 Å². The molecule has 2 fully saturated rings. The van der Waals surface area contributed by atoms with Crippen molar-refractivity contribution < 1.29 is 22.0 Å². The van der Waals surface area contributed by atoms with Crippen LogP contribution < -0.4 is 5.32 Å². The lowest BCUT2D eigenvalue weighted by atomic mass is 9.83.